The number of halogens is 1. The van der Waals surface area contributed by atoms with Crippen LogP contribution >= 0.6 is 11.6 Å². The Labute approximate surface area is 128 Å². The number of hydrogen-bond donors (Lipinski definition) is 2. The second-order valence-corrected chi connectivity index (χ2v) is 5.26. The smallest absolute Gasteiger partial charge is 0.247 e. The fourth-order valence-corrected chi connectivity index (χ4v) is 2.27. The number of anilines is 1. The molecule has 0 aromatic heterocycles. The molecule has 0 aliphatic rings. The van der Waals surface area contributed by atoms with Crippen molar-refractivity contribution in [3.8, 4) is 5.75 Å². The summed E-state index contributed by atoms with van der Waals surface area (Å²) in [4.78, 5) is 12.0. The zero-order valence-corrected chi connectivity index (χ0v) is 12.6. The minimum absolute atomic E-state index is 0.498. The summed E-state index contributed by atoms with van der Waals surface area (Å²) in [5, 5.41) is 3.78. The maximum absolute atomic E-state index is 12.0. The van der Waals surface area contributed by atoms with Crippen LogP contribution in [-0.4, -0.2) is 13.0 Å². The molecule has 1 amide bonds. The van der Waals surface area contributed by atoms with Gasteiger partial charge >= 0.3 is 0 Å². The molecular weight excluding hydrogens is 288 g/mol. The first-order valence-corrected chi connectivity index (χ1v) is 6.82. The van der Waals surface area contributed by atoms with E-state index < -0.39 is 11.4 Å². The largest absolute Gasteiger partial charge is 0.496 e. The predicted molar refractivity (Wildman–Crippen MR) is 84.6 cm³/mol. The lowest BCUT2D eigenvalue weighted by molar-refractivity contribution is -0.122. The van der Waals surface area contributed by atoms with E-state index in [2.05, 4.69) is 5.32 Å². The van der Waals surface area contributed by atoms with Crippen molar-refractivity contribution in [2.24, 2.45) is 5.73 Å². The van der Waals surface area contributed by atoms with Crippen LogP contribution in [0.15, 0.2) is 48.5 Å². The van der Waals surface area contributed by atoms with Crippen molar-refractivity contribution in [3.05, 3.63) is 59.1 Å². The highest BCUT2D eigenvalue weighted by Gasteiger charge is 2.35. The molecule has 1 unspecified atom stereocenters. The Hall–Kier alpha value is -2.20. The molecule has 0 radical (unpaired) electrons. The highest BCUT2D eigenvalue weighted by Crippen LogP contribution is 2.33. The fraction of sp³-hybridized carbons (Fsp3) is 0.188. The number of para-hydroxylation sites is 1. The van der Waals surface area contributed by atoms with Crippen molar-refractivity contribution in [1.29, 1.82) is 0 Å². The van der Waals surface area contributed by atoms with Crippen LogP contribution in [-0.2, 0) is 10.3 Å². The molecule has 5 heteroatoms. The van der Waals surface area contributed by atoms with E-state index in [4.69, 9.17) is 22.1 Å². The maximum Gasteiger partial charge on any atom is 0.247 e. The molecule has 0 saturated heterocycles. The van der Waals surface area contributed by atoms with Crippen LogP contribution in [0, 0.1) is 0 Å². The molecular formula is C16H17ClN2O2. The minimum Gasteiger partial charge on any atom is -0.496 e. The lowest BCUT2D eigenvalue weighted by atomic mass is 9.90. The van der Waals surface area contributed by atoms with Crippen LogP contribution in [0.2, 0.25) is 5.02 Å². The van der Waals surface area contributed by atoms with Crippen molar-refractivity contribution < 1.29 is 9.53 Å². The number of ether oxygens (including phenoxy) is 1. The van der Waals surface area contributed by atoms with Gasteiger partial charge in [-0.05, 0) is 37.3 Å². The molecule has 0 fully saturated rings. The third kappa shape index (κ3) is 3.11. The summed E-state index contributed by atoms with van der Waals surface area (Å²) in [6.45, 7) is 1.72. The summed E-state index contributed by atoms with van der Waals surface area (Å²) in [6, 6.07) is 14.3. The Morgan fingerprint density at radius 2 is 1.81 bits per heavy atom. The monoisotopic (exact) mass is 304 g/mol. The number of amides is 1. The van der Waals surface area contributed by atoms with E-state index in [1.165, 1.54) is 0 Å². The normalized spacial score (nSPS) is 13.3. The summed E-state index contributed by atoms with van der Waals surface area (Å²) < 4.78 is 5.33. The molecule has 2 aromatic rings. The molecule has 2 rings (SSSR count). The van der Waals surface area contributed by atoms with Crippen LogP contribution in [0.1, 0.15) is 12.5 Å². The molecule has 110 valence electrons. The van der Waals surface area contributed by atoms with Crippen molar-refractivity contribution in [2.75, 3.05) is 12.4 Å². The van der Waals surface area contributed by atoms with Crippen LogP contribution < -0.4 is 15.8 Å². The highest BCUT2D eigenvalue weighted by atomic mass is 35.5. The zero-order chi connectivity index (χ0) is 15.5. The number of carbonyl (C=O) groups is 1. The molecule has 2 aromatic carbocycles. The van der Waals surface area contributed by atoms with Gasteiger partial charge in [0, 0.05) is 16.3 Å². The Kier molecular flexibility index (Phi) is 4.38. The van der Waals surface area contributed by atoms with Crippen LogP contribution in [0.25, 0.3) is 0 Å². The van der Waals surface area contributed by atoms with Gasteiger partial charge in [-0.1, -0.05) is 29.8 Å². The number of nitrogens with one attached hydrogen (secondary N) is 1. The number of benzene rings is 2. The third-order valence-electron chi connectivity index (χ3n) is 3.38. The van der Waals surface area contributed by atoms with Gasteiger partial charge in [0.15, 0.2) is 0 Å². The van der Waals surface area contributed by atoms with E-state index in [0.29, 0.717) is 16.3 Å². The van der Waals surface area contributed by atoms with E-state index in [9.17, 15) is 4.79 Å². The summed E-state index contributed by atoms with van der Waals surface area (Å²) >= 11 is 5.87. The van der Waals surface area contributed by atoms with Gasteiger partial charge in [-0.15, -0.1) is 0 Å². The third-order valence-corrected chi connectivity index (χ3v) is 3.63. The Morgan fingerprint density at radius 3 is 2.38 bits per heavy atom. The fourth-order valence-electron chi connectivity index (χ4n) is 2.14. The van der Waals surface area contributed by atoms with E-state index in [-0.39, 0.29) is 0 Å². The van der Waals surface area contributed by atoms with Gasteiger partial charge in [-0.2, -0.15) is 0 Å². The van der Waals surface area contributed by atoms with Crippen molar-refractivity contribution >= 4 is 23.2 Å². The molecule has 0 spiro atoms. The molecule has 3 N–H and O–H groups in total. The summed E-state index contributed by atoms with van der Waals surface area (Å²) in [5.41, 5.74) is 5.94. The van der Waals surface area contributed by atoms with Gasteiger partial charge in [-0.3, -0.25) is 4.79 Å². The van der Waals surface area contributed by atoms with E-state index in [0.717, 1.165) is 5.69 Å². The first kappa shape index (κ1) is 15.2. The van der Waals surface area contributed by atoms with E-state index in [1.807, 2.05) is 18.2 Å². The second kappa shape index (κ2) is 6.06. The van der Waals surface area contributed by atoms with Gasteiger partial charge < -0.3 is 15.8 Å². The van der Waals surface area contributed by atoms with Gasteiger partial charge in [0.1, 0.15) is 11.3 Å². The number of carbonyl (C=O) groups excluding carboxylic acids is 1. The lowest BCUT2D eigenvalue weighted by Gasteiger charge is -2.30. The second-order valence-electron chi connectivity index (χ2n) is 4.82. The summed E-state index contributed by atoms with van der Waals surface area (Å²) in [7, 11) is 1.56. The molecule has 1 atom stereocenters. The van der Waals surface area contributed by atoms with Gasteiger partial charge in [0.05, 0.1) is 7.11 Å². The molecule has 0 aliphatic carbocycles. The number of methoxy groups -OCH3 is 1. The topological polar surface area (TPSA) is 64.3 Å². The van der Waals surface area contributed by atoms with Crippen LogP contribution in [0.4, 0.5) is 5.69 Å². The quantitative estimate of drug-likeness (QED) is 0.892. The molecule has 0 aliphatic heterocycles. The SMILES string of the molecule is COc1ccccc1C(C)(Nc1ccc(Cl)cc1)C(N)=O. The zero-order valence-electron chi connectivity index (χ0n) is 11.9. The lowest BCUT2D eigenvalue weighted by Crippen LogP contribution is -2.45. The Morgan fingerprint density at radius 1 is 1.19 bits per heavy atom. The van der Waals surface area contributed by atoms with Crippen LogP contribution in [0.3, 0.4) is 0 Å². The van der Waals surface area contributed by atoms with E-state index in [1.54, 1.807) is 44.4 Å². The number of primary amides is 1. The number of hydrogen-bond acceptors (Lipinski definition) is 3. The van der Waals surface area contributed by atoms with Crippen molar-refractivity contribution in [1.82, 2.24) is 0 Å². The minimum atomic E-state index is -1.10. The predicted octanol–water partition coefficient (Wildman–Crippen LogP) is 3.16. The molecule has 0 heterocycles. The van der Waals surface area contributed by atoms with Crippen LogP contribution in [0.5, 0.6) is 5.75 Å². The molecule has 4 nitrogen and oxygen atoms in total. The van der Waals surface area contributed by atoms with Gasteiger partial charge in [0.2, 0.25) is 5.91 Å². The summed E-state index contributed by atoms with van der Waals surface area (Å²) in [5.74, 6) is 0.0993. The number of rotatable bonds is 5. The van der Waals surface area contributed by atoms with Gasteiger partial charge in [-0.25, -0.2) is 0 Å². The van der Waals surface area contributed by atoms with E-state index >= 15 is 0 Å². The van der Waals surface area contributed by atoms with Crippen molar-refractivity contribution in [3.63, 3.8) is 0 Å². The first-order chi connectivity index (χ1) is 9.97. The average Bonchev–Trinajstić information content (AvgIpc) is 2.49. The maximum atomic E-state index is 12.0. The molecule has 0 saturated carbocycles. The van der Waals surface area contributed by atoms with Gasteiger partial charge in [0.25, 0.3) is 0 Å². The van der Waals surface area contributed by atoms with Crippen molar-refractivity contribution in [2.45, 2.75) is 12.5 Å². The molecule has 0 bridgehead atoms. The standard InChI is InChI=1S/C16H17ClN2O2/c1-16(15(18)20,13-5-3-4-6-14(13)21-2)19-12-9-7-11(17)8-10-12/h3-10,19H,1-2H3,(H2,18,20). The molecule has 21 heavy (non-hydrogen) atoms. The highest BCUT2D eigenvalue weighted by molar-refractivity contribution is 6.30. The Bertz CT molecular complexity index is 643. The number of nitrogens with two attached hydrogens (primary N) is 1. The average molecular weight is 305 g/mol. The summed E-state index contributed by atoms with van der Waals surface area (Å²) in [6.07, 6.45) is 0. The Balaban J connectivity index is 2.45. The first-order valence-electron chi connectivity index (χ1n) is 6.44.